The topological polar surface area (TPSA) is 34.2 Å². The molecular formula is C61H50BN3OS2. The van der Waals surface area contributed by atoms with Gasteiger partial charge >= 0.3 is 6.85 Å². The van der Waals surface area contributed by atoms with E-state index in [9.17, 15) is 0 Å². The fraction of sp³-hybridized carbons (Fsp3) is 0.197. The van der Waals surface area contributed by atoms with Crippen LogP contribution >= 0.6 is 22.7 Å². The Bertz CT molecular complexity index is 4150. The van der Waals surface area contributed by atoms with Gasteiger partial charge in [-0.3, -0.25) is 0 Å². The lowest BCUT2D eigenvalue weighted by molar-refractivity contribution is 0.590. The minimum absolute atomic E-state index is 0.00960. The molecule has 0 amide bonds. The smallest absolute Gasteiger partial charge is 0.333 e. The zero-order chi connectivity index (χ0) is 46.3. The maximum Gasteiger partial charge on any atom is 0.333 e. The molecule has 8 aromatic carbocycles. The number of nitrogens with zero attached hydrogens (tertiary/aromatic N) is 3. The number of rotatable bonds is 2. The highest BCUT2D eigenvalue weighted by Crippen LogP contribution is 2.54. The molecule has 4 nitrogen and oxygen atoms in total. The van der Waals surface area contributed by atoms with Crippen molar-refractivity contribution in [3.8, 4) is 27.4 Å². The van der Waals surface area contributed by atoms with Gasteiger partial charge in [-0.2, -0.15) is 0 Å². The number of thiophene rings is 1. The normalized spacial score (nSPS) is 13.9. The molecule has 0 atom stereocenters. The SMILES string of the molecule is CC(C)(C)c1ccc(N2B3c4cc5nc(-c6ccccc6)sc5cc4-n4c5ccc(C(C)(C)C)cc5c5c6oc7ccccc7c6c(c3c54)-c3cc4sc5cc(C(C)(C)C)ccc5c4cc32)cc1. The van der Waals surface area contributed by atoms with E-state index < -0.39 is 0 Å². The van der Waals surface area contributed by atoms with E-state index in [0.29, 0.717) is 0 Å². The largest absolute Gasteiger partial charge is 0.455 e. The zero-order valence-electron chi connectivity index (χ0n) is 39.9. The van der Waals surface area contributed by atoms with Crippen molar-refractivity contribution in [1.82, 2.24) is 9.55 Å². The van der Waals surface area contributed by atoms with Crippen LogP contribution < -0.4 is 15.7 Å². The van der Waals surface area contributed by atoms with E-state index in [2.05, 4.69) is 211 Å². The summed E-state index contributed by atoms with van der Waals surface area (Å²) >= 11 is 3.70. The fourth-order valence-electron chi connectivity index (χ4n) is 11.5. The van der Waals surface area contributed by atoms with Crippen molar-refractivity contribution < 1.29 is 4.42 Å². The Balaban J connectivity index is 1.19. The van der Waals surface area contributed by atoms with Gasteiger partial charge in [0.05, 0.1) is 26.6 Å². The van der Waals surface area contributed by atoms with Crippen LogP contribution in [0.1, 0.15) is 79.0 Å². The van der Waals surface area contributed by atoms with Gasteiger partial charge in [-0.1, -0.05) is 141 Å². The first kappa shape index (κ1) is 40.4. The van der Waals surface area contributed by atoms with E-state index in [1.165, 1.54) is 108 Å². The van der Waals surface area contributed by atoms with E-state index in [-0.39, 0.29) is 23.1 Å². The highest BCUT2D eigenvalue weighted by atomic mass is 32.1. The van der Waals surface area contributed by atoms with Gasteiger partial charge in [0.1, 0.15) is 16.2 Å². The van der Waals surface area contributed by atoms with Gasteiger partial charge in [0.15, 0.2) is 0 Å². The standard InChI is InChI=1S/C61H50BN3OS2/c1-59(2,3)34-19-23-37(24-20-34)65-46-29-40-38-25-21-36(61(7,8)9)28-49(38)67-50(40)30-42(46)52-53-39-17-13-14-18-48(39)66-57(53)54-41-27-35(60(4,5)6)22-26-45(41)64-47-32-51-44(31-43(47)62(65)55(52)56(54)64)63-58(68-51)33-15-11-10-12-16-33/h10-32H,1-9H3. The number of para-hydroxylation sites is 1. The molecule has 0 N–H and O–H groups in total. The molecule has 7 heteroatoms. The van der Waals surface area contributed by atoms with Gasteiger partial charge in [-0.25, -0.2) is 4.98 Å². The Morgan fingerprint density at radius 3 is 2.00 bits per heavy atom. The Hall–Kier alpha value is -6.67. The third kappa shape index (κ3) is 5.57. The maximum atomic E-state index is 7.27. The summed E-state index contributed by atoms with van der Waals surface area (Å²) in [6.07, 6.45) is 0. The Morgan fingerprint density at radius 2 is 1.24 bits per heavy atom. The minimum atomic E-state index is -0.187. The van der Waals surface area contributed by atoms with Crippen LogP contribution in [0.4, 0.5) is 11.4 Å². The molecule has 0 fully saturated rings. The summed E-state index contributed by atoms with van der Waals surface area (Å²) in [5.41, 5.74) is 19.1. The summed E-state index contributed by atoms with van der Waals surface area (Å²) in [4.78, 5) is 8.11. The fourth-order valence-corrected chi connectivity index (χ4v) is 13.7. The van der Waals surface area contributed by atoms with E-state index in [0.717, 1.165) is 32.6 Å². The Morgan fingerprint density at radius 1 is 0.544 bits per heavy atom. The number of thiazole rings is 1. The molecule has 12 aromatic rings. The monoisotopic (exact) mass is 915 g/mol. The lowest BCUT2D eigenvalue weighted by Crippen LogP contribution is -2.60. The number of fused-ring (bicyclic) bond motifs is 17. The summed E-state index contributed by atoms with van der Waals surface area (Å²) in [5, 5.41) is 8.38. The van der Waals surface area contributed by atoms with Crippen LogP contribution in [-0.4, -0.2) is 16.4 Å². The first-order valence-corrected chi connectivity index (χ1v) is 25.6. The first-order chi connectivity index (χ1) is 32.6. The first-order valence-electron chi connectivity index (χ1n) is 24.0. The molecule has 330 valence electrons. The lowest BCUT2D eigenvalue weighted by Gasteiger charge is -2.42. The molecule has 14 rings (SSSR count). The van der Waals surface area contributed by atoms with Crippen LogP contribution in [0.25, 0.3) is 102 Å². The summed E-state index contributed by atoms with van der Waals surface area (Å²) in [6.45, 7) is 20.6. The van der Waals surface area contributed by atoms with Crippen molar-refractivity contribution >= 4 is 126 Å². The number of hydrogen-bond donors (Lipinski definition) is 0. The molecular weight excluding hydrogens is 866 g/mol. The molecule has 0 unspecified atom stereocenters. The van der Waals surface area contributed by atoms with Crippen molar-refractivity contribution in [3.63, 3.8) is 0 Å². The lowest BCUT2D eigenvalue weighted by atomic mass is 9.43. The molecule has 68 heavy (non-hydrogen) atoms. The van der Waals surface area contributed by atoms with Crippen LogP contribution in [-0.2, 0) is 16.2 Å². The Kier molecular flexibility index (Phi) is 8.04. The van der Waals surface area contributed by atoms with Crippen LogP contribution in [0.3, 0.4) is 0 Å². The summed E-state index contributed by atoms with van der Waals surface area (Å²) in [7, 11) is 0. The number of anilines is 2. The summed E-state index contributed by atoms with van der Waals surface area (Å²) in [5.74, 6) is 0. The molecule has 4 aromatic heterocycles. The van der Waals surface area contributed by atoms with Crippen LogP contribution in [0.15, 0.2) is 144 Å². The molecule has 2 aliphatic rings. The molecule has 0 aliphatic carbocycles. The third-order valence-electron chi connectivity index (χ3n) is 15.1. The van der Waals surface area contributed by atoms with Crippen molar-refractivity contribution in [3.05, 3.63) is 156 Å². The molecule has 6 heterocycles. The maximum absolute atomic E-state index is 7.27. The number of benzene rings is 8. The number of hydrogen-bond acceptors (Lipinski definition) is 5. The molecule has 0 bridgehead atoms. The van der Waals surface area contributed by atoms with Gasteiger partial charge in [0.25, 0.3) is 0 Å². The highest BCUT2D eigenvalue weighted by molar-refractivity contribution is 7.26. The zero-order valence-corrected chi connectivity index (χ0v) is 41.6. The van der Waals surface area contributed by atoms with Crippen LogP contribution in [0.5, 0.6) is 0 Å². The summed E-state index contributed by atoms with van der Waals surface area (Å²) < 4.78 is 13.7. The van der Waals surface area contributed by atoms with E-state index in [4.69, 9.17) is 9.40 Å². The van der Waals surface area contributed by atoms with Gasteiger partial charge in [0, 0.05) is 64.5 Å². The van der Waals surface area contributed by atoms with Crippen molar-refractivity contribution in [1.29, 1.82) is 0 Å². The van der Waals surface area contributed by atoms with Crippen molar-refractivity contribution in [2.45, 2.75) is 78.6 Å². The summed E-state index contributed by atoms with van der Waals surface area (Å²) in [6, 6.07) is 53.0. The Labute approximate surface area is 404 Å². The molecule has 0 radical (unpaired) electrons. The number of furan rings is 1. The molecule has 0 spiro atoms. The minimum Gasteiger partial charge on any atom is -0.455 e. The van der Waals surface area contributed by atoms with Gasteiger partial charge in [-0.05, 0) is 110 Å². The average Bonchev–Trinajstić information content (AvgIpc) is 4.09. The quantitative estimate of drug-likeness (QED) is 0.162. The second kappa shape index (κ2) is 13.5. The second-order valence-corrected chi connectivity index (χ2v) is 24.5. The van der Waals surface area contributed by atoms with Crippen LogP contribution in [0, 0.1) is 0 Å². The van der Waals surface area contributed by atoms with Crippen molar-refractivity contribution in [2.24, 2.45) is 0 Å². The van der Waals surface area contributed by atoms with Gasteiger partial charge < -0.3 is 13.8 Å². The van der Waals surface area contributed by atoms with Gasteiger partial charge in [-0.15, -0.1) is 22.7 Å². The van der Waals surface area contributed by atoms with Crippen LogP contribution in [0.2, 0.25) is 0 Å². The molecule has 2 aliphatic heterocycles. The van der Waals surface area contributed by atoms with E-state index in [1.807, 2.05) is 11.3 Å². The average molecular weight is 916 g/mol. The van der Waals surface area contributed by atoms with Gasteiger partial charge in [0.2, 0.25) is 0 Å². The number of aromatic nitrogens is 2. The molecule has 0 saturated heterocycles. The van der Waals surface area contributed by atoms with E-state index in [1.54, 1.807) is 11.3 Å². The second-order valence-electron chi connectivity index (χ2n) is 22.4. The predicted octanol–water partition coefficient (Wildman–Crippen LogP) is 16.5. The highest BCUT2D eigenvalue weighted by Gasteiger charge is 2.46. The van der Waals surface area contributed by atoms with E-state index >= 15 is 0 Å². The third-order valence-corrected chi connectivity index (χ3v) is 17.2. The van der Waals surface area contributed by atoms with Crippen molar-refractivity contribution in [2.75, 3.05) is 4.81 Å². The predicted molar refractivity (Wildman–Crippen MR) is 295 cm³/mol. The molecule has 0 saturated carbocycles.